The summed E-state index contributed by atoms with van der Waals surface area (Å²) in [6.45, 7) is 10.7. The van der Waals surface area contributed by atoms with Crippen molar-refractivity contribution < 1.29 is 0 Å². The van der Waals surface area contributed by atoms with Crippen LogP contribution in [0.1, 0.15) is 59.3 Å². The Kier molecular flexibility index (Phi) is 9.73. The van der Waals surface area contributed by atoms with Gasteiger partial charge in [-0.3, -0.25) is 0 Å². The van der Waals surface area contributed by atoms with Gasteiger partial charge in [-0.15, -0.1) is 6.58 Å². The Bertz CT molecular complexity index is 1420. The van der Waals surface area contributed by atoms with Crippen LogP contribution < -0.4 is 0 Å². The van der Waals surface area contributed by atoms with Crippen LogP contribution in [-0.4, -0.2) is 0 Å². The molecule has 0 heterocycles. The van der Waals surface area contributed by atoms with Crippen LogP contribution >= 0.6 is 0 Å². The molecule has 210 valence electrons. The second kappa shape index (κ2) is 13.8. The largest absolute Gasteiger partial charge is 0.103 e. The van der Waals surface area contributed by atoms with E-state index in [9.17, 15) is 0 Å². The quantitative estimate of drug-likeness (QED) is 0.241. The second-order valence-electron chi connectivity index (χ2n) is 12.2. The highest BCUT2D eigenvalue weighted by Crippen LogP contribution is 2.44. The summed E-state index contributed by atoms with van der Waals surface area (Å²) in [5.74, 6) is 1.89. The van der Waals surface area contributed by atoms with Crippen molar-refractivity contribution in [3.05, 3.63) is 167 Å². The van der Waals surface area contributed by atoms with Crippen molar-refractivity contribution in [3.63, 3.8) is 0 Å². The van der Waals surface area contributed by atoms with Gasteiger partial charge in [-0.2, -0.15) is 0 Å². The Morgan fingerprint density at radius 3 is 2.63 bits per heavy atom. The molecule has 5 rings (SSSR count). The number of hydrogen-bond acceptors (Lipinski definition) is 0. The first-order valence-electron chi connectivity index (χ1n) is 15.6. The molecule has 0 spiro atoms. The Labute approximate surface area is 249 Å². The highest BCUT2D eigenvalue weighted by atomic mass is 14.4. The molecule has 0 amide bonds. The zero-order valence-electron chi connectivity index (χ0n) is 25.2. The third kappa shape index (κ3) is 7.36. The molecule has 5 aliphatic rings. The van der Waals surface area contributed by atoms with Crippen LogP contribution in [0.3, 0.4) is 0 Å². The average Bonchev–Trinajstić information content (AvgIpc) is 2.97. The van der Waals surface area contributed by atoms with E-state index in [2.05, 4.69) is 143 Å². The van der Waals surface area contributed by atoms with Gasteiger partial charge in [0.1, 0.15) is 0 Å². The second-order valence-corrected chi connectivity index (χ2v) is 12.2. The maximum atomic E-state index is 4.08. The first-order valence-corrected chi connectivity index (χ1v) is 15.6. The normalized spacial score (nSPS) is 28.0. The summed E-state index contributed by atoms with van der Waals surface area (Å²) in [6.07, 6.45) is 50.8. The molecule has 0 aliphatic heterocycles. The van der Waals surface area contributed by atoms with Crippen molar-refractivity contribution in [2.24, 2.45) is 23.7 Å². The summed E-state index contributed by atoms with van der Waals surface area (Å²) < 4.78 is 0. The maximum Gasteiger partial charge on any atom is 0.0208 e. The molecule has 0 N–H and O–H groups in total. The lowest BCUT2D eigenvalue weighted by molar-refractivity contribution is 0.360. The van der Waals surface area contributed by atoms with Gasteiger partial charge >= 0.3 is 0 Å². The van der Waals surface area contributed by atoms with E-state index < -0.39 is 0 Å². The molecular formula is C41H46. The highest BCUT2D eigenvalue weighted by Gasteiger charge is 2.31. The van der Waals surface area contributed by atoms with Gasteiger partial charge in [-0.25, -0.2) is 0 Å². The van der Waals surface area contributed by atoms with Gasteiger partial charge in [0.05, 0.1) is 0 Å². The fourth-order valence-corrected chi connectivity index (χ4v) is 6.48. The van der Waals surface area contributed by atoms with Crippen molar-refractivity contribution in [1.29, 1.82) is 0 Å². The molecule has 0 nitrogen and oxygen atoms in total. The van der Waals surface area contributed by atoms with Crippen LogP contribution in [0.2, 0.25) is 0 Å². The van der Waals surface area contributed by atoms with Gasteiger partial charge in [0, 0.05) is 5.92 Å². The molecule has 0 aromatic heterocycles. The lowest BCUT2D eigenvalue weighted by Crippen LogP contribution is -2.24. The first-order chi connectivity index (χ1) is 20.0. The van der Waals surface area contributed by atoms with E-state index >= 15 is 0 Å². The monoisotopic (exact) mass is 538 g/mol. The summed E-state index contributed by atoms with van der Waals surface area (Å²) in [6, 6.07) is 0. The molecular weight excluding hydrogens is 492 g/mol. The molecule has 0 fully saturated rings. The maximum absolute atomic E-state index is 4.08. The number of allylic oxidation sites excluding steroid dienone is 27. The molecule has 0 aromatic carbocycles. The fraction of sp³-hybridized carbons (Fsp3) is 0.317. The van der Waals surface area contributed by atoms with Crippen LogP contribution in [-0.2, 0) is 0 Å². The van der Waals surface area contributed by atoms with Crippen molar-refractivity contribution in [2.45, 2.75) is 59.3 Å². The predicted octanol–water partition coefficient (Wildman–Crippen LogP) is 11.3. The lowest BCUT2D eigenvalue weighted by atomic mass is 9.68. The number of fused-ring (bicyclic) bond motifs is 4. The molecule has 0 saturated carbocycles. The van der Waals surface area contributed by atoms with E-state index in [-0.39, 0.29) is 0 Å². The van der Waals surface area contributed by atoms with E-state index in [1.165, 1.54) is 45.4 Å². The molecule has 0 aromatic rings. The van der Waals surface area contributed by atoms with Crippen molar-refractivity contribution >= 4 is 0 Å². The molecule has 0 bridgehead atoms. The van der Waals surface area contributed by atoms with Crippen molar-refractivity contribution in [2.75, 3.05) is 0 Å². The Morgan fingerprint density at radius 1 is 0.951 bits per heavy atom. The van der Waals surface area contributed by atoms with Crippen LogP contribution in [0, 0.1) is 23.7 Å². The molecule has 0 radical (unpaired) electrons. The zero-order chi connectivity index (χ0) is 28.6. The lowest BCUT2D eigenvalue weighted by Gasteiger charge is -2.36. The SMILES string of the molecule is C=CCC1CC2C=C3C=CC=C4C=C5C=CC=C(C)CC=CCC5=CC4C=CC=C3CC2=CC1C=CC=C(C)CC. The first kappa shape index (κ1) is 28.9. The van der Waals surface area contributed by atoms with E-state index in [4.69, 9.17) is 0 Å². The summed E-state index contributed by atoms with van der Waals surface area (Å²) in [7, 11) is 0. The van der Waals surface area contributed by atoms with Crippen molar-refractivity contribution in [1.82, 2.24) is 0 Å². The van der Waals surface area contributed by atoms with Gasteiger partial charge in [-0.1, -0.05) is 139 Å². The topological polar surface area (TPSA) is 0 Å². The standard InChI is InChI=1S/C41H46/c1-5-13-32-26-40-28-38-22-12-21-36-25-34-19-10-16-31(4)14-7-8-17-33(34)24-35(36)20-11-23-39(38)29-41(40)27-37(32)18-9-15-30(3)6-2/h5,7-12,15-16,18-25,27-28,32,35,37,40H,1,6,13-14,17,26,29H2,2-4H3. The molecule has 4 atom stereocenters. The van der Waals surface area contributed by atoms with Crippen LogP contribution in [0.4, 0.5) is 0 Å². The minimum absolute atomic E-state index is 0.293. The van der Waals surface area contributed by atoms with Crippen LogP contribution in [0.15, 0.2) is 167 Å². The van der Waals surface area contributed by atoms with Gasteiger partial charge in [0.2, 0.25) is 0 Å². The number of hydrogen-bond donors (Lipinski definition) is 0. The van der Waals surface area contributed by atoms with E-state index in [1.807, 2.05) is 0 Å². The third-order valence-corrected chi connectivity index (χ3v) is 9.11. The van der Waals surface area contributed by atoms with Gasteiger partial charge in [0.15, 0.2) is 0 Å². The van der Waals surface area contributed by atoms with Gasteiger partial charge in [0.25, 0.3) is 0 Å². The Hall–Kier alpha value is -3.64. The third-order valence-electron chi connectivity index (χ3n) is 9.11. The Morgan fingerprint density at radius 2 is 1.78 bits per heavy atom. The smallest absolute Gasteiger partial charge is 0.0208 e. The highest BCUT2D eigenvalue weighted by molar-refractivity contribution is 5.56. The zero-order valence-corrected chi connectivity index (χ0v) is 25.2. The average molecular weight is 539 g/mol. The molecule has 5 aliphatic carbocycles. The fourth-order valence-electron chi connectivity index (χ4n) is 6.48. The van der Waals surface area contributed by atoms with Gasteiger partial charge < -0.3 is 0 Å². The molecule has 4 unspecified atom stereocenters. The van der Waals surface area contributed by atoms with E-state index in [1.54, 1.807) is 5.57 Å². The minimum Gasteiger partial charge on any atom is -0.103 e. The van der Waals surface area contributed by atoms with E-state index in [0.29, 0.717) is 23.7 Å². The summed E-state index contributed by atoms with van der Waals surface area (Å²) >= 11 is 0. The van der Waals surface area contributed by atoms with Crippen LogP contribution in [0.5, 0.6) is 0 Å². The molecule has 0 heteroatoms. The predicted molar refractivity (Wildman–Crippen MR) is 179 cm³/mol. The molecule has 41 heavy (non-hydrogen) atoms. The van der Waals surface area contributed by atoms with E-state index in [0.717, 1.165) is 32.1 Å². The number of rotatable bonds is 5. The minimum atomic E-state index is 0.293. The molecule has 0 saturated heterocycles. The summed E-state index contributed by atoms with van der Waals surface area (Å²) in [5, 5.41) is 0. The van der Waals surface area contributed by atoms with Crippen molar-refractivity contribution in [3.8, 4) is 0 Å². The Balaban J connectivity index is 1.44. The summed E-state index contributed by atoms with van der Waals surface area (Å²) in [4.78, 5) is 0. The van der Waals surface area contributed by atoms with Gasteiger partial charge in [-0.05, 0) is 98.0 Å². The summed E-state index contributed by atoms with van der Waals surface area (Å²) in [5.41, 5.74) is 11.3. The van der Waals surface area contributed by atoms with Crippen LogP contribution in [0.25, 0.3) is 0 Å².